The second-order valence-corrected chi connectivity index (χ2v) is 5.25. The van der Waals surface area contributed by atoms with Crippen LogP contribution in [0.25, 0.3) is 0 Å². The molecule has 2 aromatic carbocycles. The Bertz CT molecular complexity index is 802. The van der Waals surface area contributed by atoms with Crippen molar-refractivity contribution >= 4 is 23.9 Å². The summed E-state index contributed by atoms with van der Waals surface area (Å²) in [7, 11) is 2.99. The minimum absolute atomic E-state index is 0.357. The summed E-state index contributed by atoms with van der Waals surface area (Å²) in [6.45, 7) is -0.815. The lowest BCUT2D eigenvalue weighted by molar-refractivity contribution is -0.149. The van der Waals surface area contributed by atoms with Crippen molar-refractivity contribution in [3.63, 3.8) is 0 Å². The first-order valence-electron chi connectivity index (χ1n) is 7.91. The fourth-order valence-corrected chi connectivity index (χ4v) is 2.08. The van der Waals surface area contributed by atoms with E-state index in [1.165, 1.54) is 14.2 Å². The molecule has 0 aliphatic heterocycles. The highest BCUT2D eigenvalue weighted by molar-refractivity contribution is 5.93. The molecule has 0 aliphatic rings. The number of carbonyl (C=O) groups excluding carboxylic acids is 3. The van der Waals surface area contributed by atoms with Crippen LogP contribution in [0.1, 0.15) is 10.4 Å². The maximum atomic E-state index is 11.9. The van der Waals surface area contributed by atoms with Gasteiger partial charge in [0, 0.05) is 17.3 Å². The SMILES string of the molecule is COc1ccc(NC(=O)COC(=O)COc2ccc(C=O)cc2)cc1OC. The van der Waals surface area contributed by atoms with Gasteiger partial charge in [0.25, 0.3) is 5.91 Å². The van der Waals surface area contributed by atoms with Crippen molar-refractivity contribution in [1.82, 2.24) is 0 Å². The van der Waals surface area contributed by atoms with Crippen LogP contribution < -0.4 is 19.5 Å². The predicted octanol–water partition coefficient (Wildman–Crippen LogP) is 2.08. The molecule has 0 radical (unpaired) electrons. The smallest absolute Gasteiger partial charge is 0.344 e. The first-order chi connectivity index (χ1) is 13.0. The number of aldehydes is 1. The van der Waals surface area contributed by atoms with Gasteiger partial charge in [0.1, 0.15) is 12.0 Å². The Morgan fingerprint density at radius 3 is 2.30 bits per heavy atom. The third-order valence-electron chi connectivity index (χ3n) is 3.40. The van der Waals surface area contributed by atoms with E-state index in [-0.39, 0.29) is 6.61 Å². The van der Waals surface area contributed by atoms with Gasteiger partial charge in [0.15, 0.2) is 24.7 Å². The molecule has 1 amide bonds. The highest BCUT2D eigenvalue weighted by Crippen LogP contribution is 2.29. The molecule has 0 saturated carbocycles. The lowest BCUT2D eigenvalue weighted by Gasteiger charge is -2.11. The van der Waals surface area contributed by atoms with E-state index in [9.17, 15) is 14.4 Å². The second kappa shape index (κ2) is 9.81. The highest BCUT2D eigenvalue weighted by Gasteiger charge is 2.11. The fraction of sp³-hybridized carbons (Fsp3) is 0.211. The standard InChI is InChI=1S/C19H19NO7/c1-24-16-8-5-14(9-17(16)25-2)20-18(22)11-27-19(23)12-26-15-6-3-13(10-21)4-7-15/h3-10H,11-12H2,1-2H3,(H,20,22). The van der Waals surface area contributed by atoms with Gasteiger partial charge in [-0.3, -0.25) is 9.59 Å². The summed E-state index contributed by atoms with van der Waals surface area (Å²) < 4.78 is 20.3. The molecule has 142 valence electrons. The van der Waals surface area contributed by atoms with Gasteiger partial charge in [0.05, 0.1) is 14.2 Å². The molecule has 0 heterocycles. The third-order valence-corrected chi connectivity index (χ3v) is 3.40. The fourth-order valence-electron chi connectivity index (χ4n) is 2.08. The van der Waals surface area contributed by atoms with E-state index in [4.69, 9.17) is 18.9 Å². The Kier molecular flexibility index (Phi) is 7.18. The van der Waals surface area contributed by atoms with Gasteiger partial charge >= 0.3 is 5.97 Å². The van der Waals surface area contributed by atoms with Crippen molar-refractivity contribution in [3.8, 4) is 17.2 Å². The molecule has 1 N–H and O–H groups in total. The Morgan fingerprint density at radius 2 is 1.67 bits per heavy atom. The monoisotopic (exact) mass is 373 g/mol. The molecule has 0 saturated heterocycles. The first kappa shape index (κ1) is 19.8. The number of nitrogens with one attached hydrogen (secondary N) is 1. The number of ether oxygens (including phenoxy) is 4. The molecule has 2 rings (SSSR count). The summed E-state index contributed by atoms with van der Waals surface area (Å²) in [5.74, 6) is 0.191. The van der Waals surface area contributed by atoms with Crippen molar-refractivity contribution in [2.75, 3.05) is 32.8 Å². The van der Waals surface area contributed by atoms with Crippen LogP contribution in [0.5, 0.6) is 17.2 Å². The summed E-state index contributed by atoms with van der Waals surface area (Å²) in [5.41, 5.74) is 0.969. The molecule has 8 heteroatoms. The Hall–Kier alpha value is -3.55. The molecule has 0 bridgehead atoms. The van der Waals surface area contributed by atoms with Gasteiger partial charge in [-0.15, -0.1) is 0 Å². The first-order valence-corrected chi connectivity index (χ1v) is 7.91. The van der Waals surface area contributed by atoms with E-state index in [1.807, 2.05) is 0 Å². The minimum Gasteiger partial charge on any atom is -0.493 e. The molecule has 0 fully saturated rings. The molecule has 0 atom stereocenters. The average molecular weight is 373 g/mol. The Balaban J connectivity index is 1.77. The van der Waals surface area contributed by atoms with Crippen molar-refractivity contribution in [1.29, 1.82) is 0 Å². The molecule has 27 heavy (non-hydrogen) atoms. The molecule has 2 aromatic rings. The van der Waals surface area contributed by atoms with E-state index in [2.05, 4.69) is 5.32 Å². The van der Waals surface area contributed by atoms with Crippen LogP contribution in [-0.2, 0) is 14.3 Å². The number of esters is 1. The molecule has 0 aromatic heterocycles. The number of benzene rings is 2. The summed E-state index contributed by atoms with van der Waals surface area (Å²) in [6, 6.07) is 11.1. The molecular formula is C19H19NO7. The van der Waals surface area contributed by atoms with E-state index in [0.29, 0.717) is 34.8 Å². The van der Waals surface area contributed by atoms with Gasteiger partial charge in [-0.2, -0.15) is 0 Å². The van der Waals surface area contributed by atoms with E-state index < -0.39 is 18.5 Å². The van der Waals surface area contributed by atoms with Gasteiger partial charge in [-0.1, -0.05) is 0 Å². The van der Waals surface area contributed by atoms with Gasteiger partial charge in [-0.25, -0.2) is 4.79 Å². The minimum atomic E-state index is -0.697. The van der Waals surface area contributed by atoms with E-state index in [0.717, 1.165) is 0 Å². The highest BCUT2D eigenvalue weighted by atomic mass is 16.6. The predicted molar refractivity (Wildman–Crippen MR) is 96.5 cm³/mol. The number of rotatable bonds is 9. The van der Waals surface area contributed by atoms with Gasteiger partial charge in [0.2, 0.25) is 0 Å². The van der Waals surface area contributed by atoms with Crippen molar-refractivity contribution in [2.45, 2.75) is 0 Å². The van der Waals surface area contributed by atoms with Gasteiger partial charge in [-0.05, 0) is 36.4 Å². The zero-order valence-corrected chi connectivity index (χ0v) is 14.9. The molecule has 0 unspecified atom stereocenters. The summed E-state index contributed by atoms with van der Waals surface area (Å²) >= 11 is 0. The number of amides is 1. The van der Waals surface area contributed by atoms with E-state index >= 15 is 0 Å². The maximum absolute atomic E-state index is 11.9. The van der Waals surface area contributed by atoms with Crippen LogP contribution in [0.15, 0.2) is 42.5 Å². The van der Waals surface area contributed by atoms with Crippen LogP contribution >= 0.6 is 0 Å². The average Bonchev–Trinajstić information content (AvgIpc) is 2.70. The zero-order chi connectivity index (χ0) is 19.6. The van der Waals surface area contributed by atoms with Crippen molar-refractivity contribution < 1.29 is 33.3 Å². The zero-order valence-electron chi connectivity index (χ0n) is 14.9. The number of hydrogen-bond acceptors (Lipinski definition) is 7. The number of anilines is 1. The summed E-state index contributed by atoms with van der Waals surface area (Å²) in [5, 5.41) is 2.58. The quantitative estimate of drug-likeness (QED) is 0.530. The van der Waals surface area contributed by atoms with Gasteiger partial charge < -0.3 is 24.3 Å². The lowest BCUT2D eigenvalue weighted by atomic mass is 10.2. The Labute approximate surface area is 156 Å². The normalized spacial score (nSPS) is 9.85. The van der Waals surface area contributed by atoms with Crippen LogP contribution in [0.4, 0.5) is 5.69 Å². The topological polar surface area (TPSA) is 100 Å². The van der Waals surface area contributed by atoms with Crippen LogP contribution in [0, 0.1) is 0 Å². The lowest BCUT2D eigenvalue weighted by Crippen LogP contribution is -2.23. The molecular weight excluding hydrogens is 354 g/mol. The Morgan fingerprint density at radius 1 is 0.963 bits per heavy atom. The van der Waals surface area contributed by atoms with Crippen molar-refractivity contribution in [2.24, 2.45) is 0 Å². The molecule has 0 spiro atoms. The largest absolute Gasteiger partial charge is 0.493 e. The molecule has 0 aliphatic carbocycles. The number of hydrogen-bond donors (Lipinski definition) is 1. The number of carbonyl (C=O) groups is 3. The van der Waals surface area contributed by atoms with Crippen LogP contribution in [-0.4, -0.2) is 45.6 Å². The molecule has 8 nitrogen and oxygen atoms in total. The maximum Gasteiger partial charge on any atom is 0.344 e. The third kappa shape index (κ3) is 6.03. The second-order valence-electron chi connectivity index (χ2n) is 5.25. The summed E-state index contributed by atoms with van der Waals surface area (Å²) in [6.07, 6.45) is 0.703. The van der Waals surface area contributed by atoms with Crippen molar-refractivity contribution in [3.05, 3.63) is 48.0 Å². The number of methoxy groups -OCH3 is 2. The van der Waals surface area contributed by atoms with Crippen LogP contribution in [0.3, 0.4) is 0 Å². The summed E-state index contributed by atoms with van der Waals surface area (Å²) in [4.78, 5) is 34.1. The van der Waals surface area contributed by atoms with Crippen LogP contribution in [0.2, 0.25) is 0 Å². The van der Waals surface area contributed by atoms with E-state index in [1.54, 1.807) is 42.5 Å².